The van der Waals surface area contributed by atoms with E-state index in [2.05, 4.69) is 24.1 Å². The molecule has 1 aliphatic heterocycles. The zero-order chi connectivity index (χ0) is 14.5. The summed E-state index contributed by atoms with van der Waals surface area (Å²) in [6, 6.07) is 3.80. The third-order valence-corrected chi connectivity index (χ3v) is 4.04. The Balaban J connectivity index is 1.86. The Morgan fingerprint density at radius 1 is 1.50 bits per heavy atom. The van der Waals surface area contributed by atoms with Crippen LogP contribution >= 0.6 is 0 Å². The molecule has 1 saturated heterocycles. The Hall–Kier alpha value is -1.42. The van der Waals surface area contributed by atoms with Crippen LogP contribution in [0, 0.1) is 11.8 Å². The smallest absolute Gasteiger partial charge is 0.227 e. The number of ether oxygens (including phenoxy) is 1. The minimum absolute atomic E-state index is 0.0624. The van der Waals surface area contributed by atoms with E-state index in [1.54, 1.807) is 12.4 Å². The van der Waals surface area contributed by atoms with Gasteiger partial charge >= 0.3 is 0 Å². The van der Waals surface area contributed by atoms with Crippen molar-refractivity contribution in [3.8, 4) is 0 Å². The first kappa shape index (κ1) is 15.0. The summed E-state index contributed by atoms with van der Waals surface area (Å²) in [4.78, 5) is 16.3. The van der Waals surface area contributed by atoms with Crippen molar-refractivity contribution in [3.63, 3.8) is 0 Å². The summed E-state index contributed by atoms with van der Waals surface area (Å²) in [5.41, 5.74) is 0.952. The van der Waals surface area contributed by atoms with Gasteiger partial charge in [-0.1, -0.05) is 19.9 Å². The molecule has 4 heteroatoms. The van der Waals surface area contributed by atoms with Crippen LogP contribution in [0.4, 0.5) is 0 Å². The number of aromatic nitrogens is 1. The number of amides is 1. The third kappa shape index (κ3) is 3.57. The number of pyridine rings is 1. The maximum atomic E-state index is 12.2. The number of carbonyl (C=O) groups is 1. The van der Waals surface area contributed by atoms with Crippen LogP contribution in [0.25, 0.3) is 0 Å². The summed E-state index contributed by atoms with van der Waals surface area (Å²) in [7, 11) is 0. The zero-order valence-electron chi connectivity index (χ0n) is 12.5. The largest absolute Gasteiger partial charge is 0.378 e. The fourth-order valence-electron chi connectivity index (χ4n) is 2.78. The van der Waals surface area contributed by atoms with Crippen LogP contribution in [0.15, 0.2) is 24.5 Å². The van der Waals surface area contributed by atoms with E-state index in [9.17, 15) is 4.79 Å². The van der Waals surface area contributed by atoms with Crippen molar-refractivity contribution in [2.75, 3.05) is 13.2 Å². The molecule has 2 heterocycles. The first-order chi connectivity index (χ1) is 9.59. The highest BCUT2D eigenvalue weighted by Gasteiger charge is 2.31. The quantitative estimate of drug-likeness (QED) is 0.898. The molecule has 0 radical (unpaired) electrons. The number of rotatable bonds is 5. The van der Waals surface area contributed by atoms with E-state index in [-0.39, 0.29) is 17.9 Å². The van der Waals surface area contributed by atoms with Gasteiger partial charge in [0.05, 0.1) is 12.0 Å². The van der Waals surface area contributed by atoms with Crippen molar-refractivity contribution in [1.29, 1.82) is 0 Å². The second-order valence-electron chi connectivity index (χ2n) is 5.88. The number of hydrogen-bond donors (Lipinski definition) is 1. The average Bonchev–Trinajstić information content (AvgIpc) is 2.93. The molecule has 1 fully saturated rings. The molecule has 0 spiro atoms. The highest BCUT2D eigenvalue weighted by Crippen LogP contribution is 2.26. The summed E-state index contributed by atoms with van der Waals surface area (Å²) >= 11 is 0. The van der Waals surface area contributed by atoms with Crippen LogP contribution < -0.4 is 5.32 Å². The SMILES string of the molecule is CC(C(=O)NC[C@H]1CCO[C@@H]1C(C)C)c1cccnc1. The van der Waals surface area contributed by atoms with Crippen LogP contribution in [0.5, 0.6) is 0 Å². The van der Waals surface area contributed by atoms with E-state index in [0.717, 1.165) is 18.6 Å². The Bertz CT molecular complexity index is 433. The van der Waals surface area contributed by atoms with Crippen LogP contribution in [0.2, 0.25) is 0 Å². The van der Waals surface area contributed by atoms with Gasteiger partial charge in [0.15, 0.2) is 0 Å². The fraction of sp³-hybridized carbons (Fsp3) is 0.625. The van der Waals surface area contributed by atoms with Crippen LogP contribution in [-0.2, 0) is 9.53 Å². The predicted molar refractivity (Wildman–Crippen MR) is 78.3 cm³/mol. The van der Waals surface area contributed by atoms with Gasteiger partial charge in [0.1, 0.15) is 0 Å². The van der Waals surface area contributed by atoms with Gasteiger partial charge in [0.25, 0.3) is 0 Å². The molecular weight excluding hydrogens is 252 g/mol. The lowest BCUT2D eigenvalue weighted by Crippen LogP contribution is -2.36. The summed E-state index contributed by atoms with van der Waals surface area (Å²) in [6.07, 6.45) is 4.77. The van der Waals surface area contributed by atoms with Crippen LogP contribution in [0.1, 0.15) is 38.7 Å². The van der Waals surface area contributed by atoms with Gasteiger partial charge in [-0.25, -0.2) is 0 Å². The van der Waals surface area contributed by atoms with Gasteiger partial charge in [-0.15, -0.1) is 0 Å². The van der Waals surface area contributed by atoms with Gasteiger partial charge < -0.3 is 10.1 Å². The lowest BCUT2D eigenvalue weighted by molar-refractivity contribution is -0.122. The van der Waals surface area contributed by atoms with Crippen molar-refractivity contribution in [2.24, 2.45) is 11.8 Å². The van der Waals surface area contributed by atoms with E-state index >= 15 is 0 Å². The number of nitrogens with one attached hydrogen (secondary N) is 1. The Kier molecular flexibility index (Phi) is 5.12. The fourth-order valence-corrected chi connectivity index (χ4v) is 2.78. The molecule has 20 heavy (non-hydrogen) atoms. The number of carbonyl (C=O) groups excluding carboxylic acids is 1. The van der Waals surface area contributed by atoms with E-state index in [0.29, 0.717) is 18.4 Å². The standard InChI is InChI=1S/C16H24N2O2/c1-11(2)15-14(6-8-20-15)10-18-16(19)12(3)13-5-4-7-17-9-13/h4-5,7,9,11-12,14-15H,6,8,10H2,1-3H3,(H,18,19)/t12?,14-,15-/m1/s1. The molecule has 1 amide bonds. The minimum atomic E-state index is -0.163. The molecule has 110 valence electrons. The van der Waals surface area contributed by atoms with Crippen LogP contribution in [0.3, 0.4) is 0 Å². The molecule has 0 aliphatic carbocycles. The summed E-state index contributed by atoms with van der Waals surface area (Å²) in [6.45, 7) is 7.76. The molecular formula is C16H24N2O2. The van der Waals surface area contributed by atoms with E-state index in [1.165, 1.54) is 0 Å². The lowest BCUT2D eigenvalue weighted by atomic mass is 9.92. The molecule has 0 aromatic carbocycles. The summed E-state index contributed by atoms with van der Waals surface area (Å²) in [5, 5.41) is 3.06. The second-order valence-corrected chi connectivity index (χ2v) is 5.88. The third-order valence-electron chi connectivity index (χ3n) is 4.04. The highest BCUT2D eigenvalue weighted by molar-refractivity contribution is 5.83. The molecule has 1 aromatic heterocycles. The van der Waals surface area contributed by atoms with Gasteiger partial charge in [0.2, 0.25) is 5.91 Å². The molecule has 2 rings (SSSR count). The van der Waals surface area contributed by atoms with Crippen molar-refractivity contribution < 1.29 is 9.53 Å². The molecule has 1 unspecified atom stereocenters. The normalized spacial score (nSPS) is 23.8. The number of nitrogens with zero attached hydrogens (tertiary/aromatic N) is 1. The maximum absolute atomic E-state index is 12.2. The molecule has 1 aliphatic rings. The Morgan fingerprint density at radius 2 is 2.30 bits per heavy atom. The Labute approximate surface area is 120 Å². The first-order valence-corrected chi connectivity index (χ1v) is 7.39. The summed E-state index contributed by atoms with van der Waals surface area (Å²) < 4.78 is 5.74. The lowest BCUT2D eigenvalue weighted by Gasteiger charge is -2.23. The predicted octanol–water partition coefficient (Wildman–Crippen LogP) is 2.36. The van der Waals surface area contributed by atoms with Crippen molar-refractivity contribution in [2.45, 2.75) is 39.2 Å². The zero-order valence-corrected chi connectivity index (χ0v) is 12.5. The van der Waals surface area contributed by atoms with Crippen LogP contribution in [-0.4, -0.2) is 30.1 Å². The Morgan fingerprint density at radius 3 is 2.95 bits per heavy atom. The topological polar surface area (TPSA) is 51.2 Å². The van der Waals surface area contributed by atoms with Gasteiger partial charge in [-0.05, 0) is 30.9 Å². The summed E-state index contributed by atoms with van der Waals surface area (Å²) in [5.74, 6) is 0.825. The number of hydrogen-bond acceptors (Lipinski definition) is 3. The minimum Gasteiger partial charge on any atom is -0.378 e. The monoisotopic (exact) mass is 276 g/mol. The molecule has 1 N–H and O–H groups in total. The maximum Gasteiger partial charge on any atom is 0.227 e. The second kappa shape index (κ2) is 6.84. The molecule has 4 nitrogen and oxygen atoms in total. The van der Waals surface area contributed by atoms with Crippen molar-refractivity contribution in [3.05, 3.63) is 30.1 Å². The van der Waals surface area contributed by atoms with Gasteiger partial charge in [-0.2, -0.15) is 0 Å². The van der Waals surface area contributed by atoms with Crippen molar-refractivity contribution in [1.82, 2.24) is 10.3 Å². The molecule has 1 aromatic rings. The van der Waals surface area contributed by atoms with E-state index in [4.69, 9.17) is 4.74 Å². The molecule has 0 saturated carbocycles. The average molecular weight is 276 g/mol. The molecule has 0 bridgehead atoms. The first-order valence-electron chi connectivity index (χ1n) is 7.39. The van der Waals surface area contributed by atoms with E-state index < -0.39 is 0 Å². The highest BCUT2D eigenvalue weighted by atomic mass is 16.5. The van der Waals surface area contributed by atoms with Gasteiger partial charge in [0, 0.05) is 31.5 Å². The van der Waals surface area contributed by atoms with E-state index in [1.807, 2.05) is 19.1 Å². The van der Waals surface area contributed by atoms with Crippen molar-refractivity contribution >= 4 is 5.91 Å². The van der Waals surface area contributed by atoms with Gasteiger partial charge in [-0.3, -0.25) is 9.78 Å². The molecule has 3 atom stereocenters.